The Morgan fingerprint density at radius 3 is 2.63 bits per heavy atom. The maximum absolute atomic E-state index is 11.2. The molecule has 0 saturated carbocycles. The number of carbonyl (C=O) groups excluding carboxylic acids is 1. The second-order valence-corrected chi connectivity index (χ2v) is 4.47. The normalized spacial score (nSPS) is 16.4. The van der Waals surface area contributed by atoms with Gasteiger partial charge in [-0.15, -0.1) is 0 Å². The monoisotopic (exact) mass is 262 g/mol. The maximum Gasteiger partial charge on any atom is 0.339 e. The Morgan fingerprint density at radius 2 is 2.11 bits per heavy atom. The van der Waals surface area contributed by atoms with Gasteiger partial charge in [0.05, 0.1) is 0 Å². The molecule has 2 rings (SSSR count). The number of esters is 1. The van der Waals surface area contributed by atoms with Gasteiger partial charge < -0.3 is 14.6 Å². The van der Waals surface area contributed by atoms with Gasteiger partial charge in [-0.1, -0.05) is 6.58 Å². The SMILES string of the molecule is C=C(C)C1Cc2c(ccc(C(=O)O)c2OC(C)=O)O1. The van der Waals surface area contributed by atoms with Gasteiger partial charge in [0.25, 0.3) is 0 Å². The zero-order valence-electron chi connectivity index (χ0n) is 10.7. The van der Waals surface area contributed by atoms with E-state index in [1.165, 1.54) is 13.0 Å². The number of rotatable bonds is 3. The van der Waals surface area contributed by atoms with E-state index in [1.54, 1.807) is 6.07 Å². The van der Waals surface area contributed by atoms with Gasteiger partial charge in [0.15, 0.2) is 5.75 Å². The van der Waals surface area contributed by atoms with Crippen LogP contribution in [-0.2, 0) is 11.2 Å². The van der Waals surface area contributed by atoms with Crippen LogP contribution >= 0.6 is 0 Å². The predicted molar refractivity (Wildman–Crippen MR) is 67.6 cm³/mol. The summed E-state index contributed by atoms with van der Waals surface area (Å²) in [5.74, 6) is -1.09. The number of hydrogen-bond donors (Lipinski definition) is 1. The molecule has 1 aromatic rings. The number of fused-ring (bicyclic) bond motifs is 1. The summed E-state index contributed by atoms with van der Waals surface area (Å²) in [6, 6.07) is 2.95. The van der Waals surface area contributed by atoms with Crippen LogP contribution in [0.25, 0.3) is 0 Å². The Hall–Kier alpha value is -2.30. The third kappa shape index (κ3) is 2.45. The standard InChI is InChI=1S/C14H14O5/c1-7(2)12-6-10-11(19-12)5-4-9(14(16)17)13(10)18-8(3)15/h4-5,12H,1,6H2,2-3H3,(H,16,17). The van der Waals surface area contributed by atoms with Crippen molar-refractivity contribution in [2.75, 3.05) is 0 Å². The minimum absolute atomic E-state index is 0.0417. The zero-order valence-corrected chi connectivity index (χ0v) is 10.7. The van der Waals surface area contributed by atoms with Gasteiger partial charge in [-0.05, 0) is 24.6 Å². The lowest BCUT2D eigenvalue weighted by atomic mass is 10.0. The Kier molecular flexibility index (Phi) is 3.29. The quantitative estimate of drug-likeness (QED) is 0.513. The highest BCUT2D eigenvalue weighted by molar-refractivity contribution is 5.93. The van der Waals surface area contributed by atoms with Crippen molar-refractivity contribution in [3.8, 4) is 11.5 Å². The van der Waals surface area contributed by atoms with E-state index in [2.05, 4.69) is 6.58 Å². The average molecular weight is 262 g/mol. The second kappa shape index (κ2) is 4.76. The Morgan fingerprint density at radius 1 is 1.42 bits per heavy atom. The highest BCUT2D eigenvalue weighted by atomic mass is 16.5. The van der Waals surface area contributed by atoms with Crippen molar-refractivity contribution in [1.82, 2.24) is 0 Å². The van der Waals surface area contributed by atoms with Crippen molar-refractivity contribution in [2.45, 2.75) is 26.4 Å². The number of hydrogen-bond acceptors (Lipinski definition) is 4. The maximum atomic E-state index is 11.2. The summed E-state index contributed by atoms with van der Waals surface area (Å²) < 4.78 is 10.7. The molecule has 0 aromatic heterocycles. The van der Waals surface area contributed by atoms with E-state index in [9.17, 15) is 9.59 Å². The smallest absolute Gasteiger partial charge is 0.339 e. The molecule has 19 heavy (non-hydrogen) atoms. The molecule has 0 fully saturated rings. The molecule has 0 radical (unpaired) electrons. The van der Waals surface area contributed by atoms with Crippen molar-refractivity contribution in [1.29, 1.82) is 0 Å². The number of ether oxygens (including phenoxy) is 2. The fraction of sp³-hybridized carbons (Fsp3) is 0.286. The molecule has 0 aliphatic carbocycles. The molecule has 100 valence electrons. The zero-order chi connectivity index (χ0) is 14.2. The molecular weight excluding hydrogens is 248 g/mol. The molecule has 0 saturated heterocycles. The lowest BCUT2D eigenvalue weighted by Crippen LogP contribution is -2.13. The van der Waals surface area contributed by atoms with Crippen molar-refractivity contribution in [3.05, 3.63) is 35.4 Å². The molecule has 0 amide bonds. The minimum atomic E-state index is -1.14. The van der Waals surface area contributed by atoms with Crippen molar-refractivity contribution in [2.24, 2.45) is 0 Å². The van der Waals surface area contributed by atoms with Crippen LogP contribution < -0.4 is 9.47 Å². The molecule has 1 aliphatic heterocycles. The highest BCUT2D eigenvalue weighted by Crippen LogP contribution is 2.40. The van der Waals surface area contributed by atoms with Crippen LogP contribution in [0.1, 0.15) is 29.8 Å². The van der Waals surface area contributed by atoms with E-state index in [4.69, 9.17) is 14.6 Å². The summed E-state index contributed by atoms with van der Waals surface area (Å²) in [4.78, 5) is 22.3. The molecule has 0 bridgehead atoms. The van der Waals surface area contributed by atoms with E-state index in [-0.39, 0.29) is 17.4 Å². The molecule has 5 heteroatoms. The third-order valence-corrected chi connectivity index (χ3v) is 2.90. The van der Waals surface area contributed by atoms with Gasteiger partial charge in [0.2, 0.25) is 0 Å². The molecule has 1 atom stereocenters. The predicted octanol–water partition coefficient (Wildman–Crippen LogP) is 2.19. The highest BCUT2D eigenvalue weighted by Gasteiger charge is 2.30. The molecular formula is C14H14O5. The first kappa shape index (κ1) is 13.1. The lowest BCUT2D eigenvalue weighted by Gasteiger charge is -2.09. The van der Waals surface area contributed by atoms with Gasteiger partial charge >= 0.3 is 11.9 Å². The van der Waals surface area contributed by atoms with Crippen molar-refractivity contribution < 1.29 is 24.2 Å². The van der Waals surface area contributed by atoms with Crippen molar-refractivity contribution in [3.63, 3.8) is 0 Å². The fourth-order valence-corrected chi connectivity index (χ4v) is 2.00. The largest absolute Gasteiger partial charge is 0.485 e. The van der Waals surface area contributed by atoms with Crippen LogP contribution in [0.4, 0.5) is 0 Å². The molecule has 5 nitrogen and oxygen atoms in total. The summed E-state index contributed by atoms with van der Waals surface area (Å²) in [7, 11) is 0. The first-order valence-corrected chi connectivity index (χ1v) is 5.79. The van der Waals surface area contributed by atoms with Crippen molar-refractivity contribution >= 4 is 11.9 Å². The summed E-state index contributed by atoms with van der Waals surface area (Å²) >= 11 is 0. The van der Waals surface area contributed by atoms with E-state index in [1.807, 2.05) is 6.92 Å². The number of aromatic carboxylic acids is 1. The summed E-state index contributed by atoms with van der Waals surface area (Å²) in [5, 5.41) is 9.14. The van der Waals surface area contributed by atoms with Crippen LogP contribution in [0.15, 0.2) is 24.3 Å². The number of carboxylic acid groups (broad SMARTS) is 1. The third-order valence-electron chi connectivity index (χ3n) is 2.90. The number of carbonyl (C=O) groups is 2. The summed E-state index contributed by atoms with van der Waals surface area (Å²) in [6.45, 7) is 6.89. The first-order chi connectivity index (χ1) is 8.90. The molecule has 1 aromatic carbocycles. The van der Waals surface area contributed by atoms with Crippen LogP contribution in [0, 0.1) is 0 Å². The fourth-order valence-electron chi connectivity index (χ4n) is 2.00. The summed E-state index contributed by atoms with van der Waals surface area (Å²) in [5.41, 5.74) is 1.39. The van der Waals surface area contributed by atoms with E-state index in [0.29, 0.717) is 17.7 Å². The Balaban J connectivity index is 2.50. The van der Waals surface area contributed by atoms with Crippen LogP contribution in [0.3, 0.4) is 0 Å². The lowest BCUT2D eigenvalue weighted by molar-refractivity contribution is -0.131. The van der Waals surface area contributed by atoms with Gasteiger partial charge in [0, 0.05) is 18.9 Å². The number of carboxylic acids is 1. The number of benzene rings is 1. The van der Waals surface area contributed by atoms with E-state index >= 15 is 0 Å². The Labute approximate surface area is 110 Å². The van der Waals surface area contributed by atoms with Gasteiger partial charge in [-0.2, -0.15) is 0 Å². The topological polar surface area (TPSA) is 72.8 Å². The molecule has 1 heterocycles. The van der Waals surface area contributed by atoms with E-state index in [0.717, 1.165) is 5.57 Å². The van der Waals surface area contributed by atoms with Gasteiger partial charge in [-0.3, -0.25) is 4.79 Å². The summed E-state index contributed by atoms with van der Waals surface area (Å²) in [6.07, 6.45) is 0.238. The average Bonchev–Trinajstić information content (AvgIpc) is 2.72. The second-order valence-electron chi connectivity index (χ2n) is 4.47. The first-order valence-electron chi connectivity index (χ1n) is 5.79. The van der Waals surface area contributed by atoms with Crippen LogP contribution in [0.5, 0.6) is 11.5 Å². The minimum Gasteiger partial charge on any atom is -0.485 e. The molecule has 1 N–H and O–H groups in total. The molecule has 0 spiro atoms. The van der Waals surface area contributed by atoms with Crippen LogP contribution in [-0.4, -0.2) is 23.1 Å². The van der Waals surface area contributed by atoms with Gasteiger partial charge in [-0.25, -0.2) is 4.79 Å². The van der Waals surface area contributed by atoms with Gasteiger partial charge in [0.1, 0.15) is 17.4 Å². The molecule has 1 unspecified atom stereocenters. The van der Waals surface area contributed by atoms with E-state index < -0.39 is 11.9 Å². The Bertz CT molecular complexity index is 573. The molecule has 1 aliphatic rings. The van der Waals surface area contributed by atoms with Crippen LogP contribution in [0.2, 0.25) is 0 Å².